The van der Waals surface area contributed by atoms with Crippen LogP contribution in [0.5, 0.6) is 11.5 Å². The van der Waals surface area contributed by atoms with E-state index >= 15 is 0 Å². The number of rotatable bonds is 2. The predicted molar refractivity (Wildman–Crippen MR) is 72.7 cm³/mol. The van der Waals surface area contributed by atoms with E-state index in [0.29, 0.717) is 19.0 Å². The first-order valence-electron chi connectivity index (χ1n) is 6.56. The normalized spacial score (nSPS) is 15.2. The molecule has 1 aliphatic rings. The van der Waals surface area contributed by atoms with Crippen molar-refractivity contribution in [2.24, 2.45) is 7.05 Å². The van der Waals surface area contributed by atoms with E-state index in [9.17, 15) is 5.26 Å². The smallest absolute Gasteiger partial charge is 0.161 e. The summed E-state index contributed by atoms with van der Waals surface area (Å²) in [7, 11) is 1.88. The molecule has 102 valence electrons. The van der Waals surface area contributed by atoms with Crippen LogP contribution in [0.4, 0.5) is 0 Å². The van der Waals surface area contributed by atoms with Gasteiger partial charge in [0.15, 0.2) is 11.5 Å². The van der Waals surface area contributed by atoms with Crippen LogP contribution in [-0.4, -0.2) is 22.8 Å². The number of ether oxygens (including phenoxy) is 2. The molecule has 0 fully saturated rings. The molecule has 0 saturated heterocycles. The van der Waals surface area contributed by atoms with Crippen LogP contribution in [0, 0.1) is 11.3 Å². The van der Waals surface area contributed by atoms with Gasteiger partial charge in [0.25, 0.3) is 0 Å². The van der Waals surface area contributed by atoms with E-state index in [1.807, 2.05) is 36.0 Å². The quantitative estimate of drug-likeness (QED) is 0.839. The number of imidazole rings is 1. The molecule has 3 rings (SSSR count). The zero-order chi connectivity index (χ0) is 13.9. The molecule has 0 aliphatic carbocycles. The fraction of sp³-hybridized carbons (Fsp3) is 0.333. The van der Waals surface area contributed by atoms with Crippen molar-refractivity contribution in [2.45, 2.75) is 12.3 Å². The molecule has 0 saturated carbocycles. The highest BCUT2D eigenvalue weighted by Gasteiger charge is 2.20. The first kappa shape index (κ1) is 12.5. The zero-order valence-electron chi connectivity index (χ0n) is 11.2. The number of aryl methyl sites for hydroxylation is 1. The maximum Gasteiger partial charge on any atom is 0.161 e. The third-order valence-electron chi connectivity index (χ3n) is 3.35. The van der Waals surface area contributed by atoms with Crippen LogP contribution in [0.2, 0.25) is 0 Å². The number of nitriles is 1. The van der Waals surface area contributed by atoms with Crippen molar-refractivity contribution < 1.29 is 9.47 Å². The van der Waals surface area contributed by atoms with E-state index in [1.165, 1.54) is 0 Å². The molecule has 20 heavy (non-hydrogen) atoms. The monoisotopic (exact) mass is 269 g/mol. The summed E-state index contributed by atoms with van der Waals surface area (Å²) >= 11 is 0. The van der Waals surface area contributed by atoms with E-state index in [4.69, 9.17) is 9.47 Å². The minimum absolute atomic E-state index is 0.410. The predicted octanol–water partition coefficient (Wildman–Crippen LogP) is 2.24. The van der Waals surface area contributed by atoms with Gasteiger partial charge in [-0.25, -0.2) is 4.98 Å². The number of benzene rings is 1. The van der Waals surface area contributed by atoms with Crippen LogP contribution >= 0.6 is 0 Å². The molecule has 2 heterocycles. The third-order valence-corrected chi connectivity index (χ3v) is 3.35. The Morgan fingerprint density at radius 3 is 2.80 bits per heavy atom. The van der Waals surface area contributed by atoms with Crippen LogP contribution in [0.1, 0.15) is 23.7 Å². The molecule has 5 nitrogen and oxygen atoms in total. The molecular weight excluding hydrogens is 254 g/mol. The fourth-order valence-corrected chi connectivity index (χ4v) is 2.30. The highest BCUT2D eigenvalue weighted by molar-refractivity contribution is 5.47. The Kier molecular flexibility index (Phi) is 3.30. The number of aromatic nitrogens is 2. The minimum Gasteiger partial charge on any atom is -0.490 e. The molecule has 0 bridgehead atoms. The SMILES string of the molecule is Cn1ccnc1C(C#N)c1ccc2c(c1)OCCCO2. The second-order valence-electron chi connectivity index (χ2n) is 4.72. The maximum absolute atomic E-state index is 9.46. The molecule has 0 amide bonds. The van der Waals surface area contributed by atoms with Gasteiger partial charge in [0.2, 0.25) is 0 Å². The van der Waals surface area contributed by atoms with Gasteiger partial charge < -0.3 is 14.0 Å². The maximum atomic E-state index is 9.46. The first-order chi connectivity index (χ1) is 9.79. The van der Waals surface area contributed by atoms with Crippen molar-refractivity contribution in [3.8, 4) is 17.6 Å². The summed E-state index contributed by atoms with van der Waals surface area (Å²) in [6.45, 7) is 1.30. The topological polar surface area (TPSA) is 60.1 Å². The summed E-state index contributed by atoms with van der Waals surface area (Å²) in [6.07, 6.45) is 4.40. The van der Waals surface area contributed by atoms with Gasteiger partial charge in [-0.2, -0.15) is 5.26 Å². The second kappa shape index (κ2) is 5.25. The molecule has 2 aromatic rings. The van der Waals surface area contributed by atoms with E-state index in [-0.39, 0.29) is 0 Å². The van der Waals surface area contributed by atoms with Gasteiger partial charge in [0.05, 0.1) is 19.3 Å². The fourth-order valence-electron chi connectivity index (χ4n) is 2.30. The Labute approximate surface area is 117 Å². The van der Waals surface area contributed by atoms with E-state index in [1.54, 1.807) is 6.20 Å². The van der Waals surface area contributed by atoms with Crippen molar-refractivity contribution in [3.05, 3.63) is 42.0 Å². The molecule has 0 radical (unpaired) electrons. The van der Waals surface area contributed by atoms with Crippen LogP contribution in [0.25, 0.3) is 0 Å². The molecule has 1 aliphatic heterocycles. The summed E-state index contributed by atoms with van der Waals surface area (Å²) in [4.78, 5) is 4.26. The summed E-state index contributed by atoms with van der Waals surface area (Å²) in [5.74, 6) is 1.76. The van der Waals surface area contributed by atoms with Crippen LogP contribution < -0.4 is 9.47 Å². The lowest BCUT2D eigenvalue weighted by atomic mass is 9.99. The lowest BCUT2D eigenvalue weighted by Gasteiger charge is -2.13. The van der Waals surface area contributed by atoms with Gasteiger partial charge in [-0.05, 0) is 17.7 Å². The molecule has 0 spiro atoms. The molecule has 0 N–H and O–H groups in total. The van der Waals surface area contributed by atoms with Crippen molar-refractivity contribution >= 4 is 0 Å². The average Bonchev–Trinajstić information content (AvgIpc) is 2.75. The molecule has 1 aromatic carbocycles. The first-order valence-corrected chi connectivity index (χ1v) is 6.56. The Morgan fingerprint density at radius 1 is 1.30 bits per heavy atom. The van der Waals surface area contributed by atoms with Gasteiger partial charge in [0, 0.05) is 25.9 Å². The summed E-state index contributed by atoms with van der Waals surface area (Å²) < 4.78 is 13.1. The Balaban J connectivity index is 1.99. The molecule has 1 unspecified atom stereocenters. The van der Waals surface area contributed by atoms with Crippen LogP contribution in [-0.2, 0) is 7.05 Å². The van der Waals surface area contributed by atoms with Gasteiger partial charge >= 0.3 is 0 Å². The molecule has 5 heteroatoms. The van der Waals surface area contributed by atoms with E-state index < -0.39 is 5.92 Å². The van der Waals surface area contributed by atoms with E-state index in [0.717, 1.165) is 23.6 Å². The lowest BCUT2D eigenvalue weighted by molar-refractivity contribution is 0.297. The van der Waals surface area contributed by atoms with Crippen molar-refractivity contribution in [1.82, 2.24) is 9.55 Å². The lowest BCUT2D eigenvalue weighted by Crippen LogP contribution is -2.06. The number of hydrogen-bond donors (Lipinski definition) is 0. The molecule has 1 atom stereocenters. The largest absolute Gasteiger partial charge is 0.490 e. The van der Waals surface area contributed by atoms with Gasteiger partial charge in [-0.1, -0.05) is 6.07 Å². The summed E-state index contributed by atoms with van der Waals surface area (Å²) in [6, 6.07) is 7.95. The second-order valence-corrected chi connectivity index (χ2v) is 4.72. The Morgan fingerprint density at radius 2 is 2.10 bits per heavy atom. The molecular formula is C15H15N3O2. The van der Waals surface area contributed by atoms with E-state index in [2.05, 4.69) is 11.1 Å². The van der Waals surface area contributed by atoms with Crippen LogP contribution in [0.3, 0.4) is 0 Å². The van der Waals surface area contributed by atoms with Crippen molar-refractivity contribution in [2.75, 3.05) is 13.2 Å². The van der Waals surface area contributed by atoms with Crippen LogP contribution in [0.15, 0.2) is 30.6 Å². The number of fused-ring (bicyclic) bond motifs is 1. The Hall–Kier alpha value is -2.48. The van der Waals surface area contributed by atoms with Gasteiger partial charge in [-0.3, -0.25) is 0 Å². The van der Waals surface area contributed by atoms with Gasteiger partial charge in [-0.15, -0.1) is 0 Å². The standard InChI is InChI=1S/C15H15N3O2/c1-18-6-5-17-15(18)12(10-16)11-3-4-13-14(9-11)20-8-2-7-19-13/h3-6,9,12H,2,7-8H2,1H3. The Bertz CT molecular complexity index is 657. The zero-order valence-corrected chi connectivity index (χ0v) is 11.2. The van der Waals surface area contributed by atoms with Crippen molar-refractivity contribution in [3.63, 3.8) is 0 Å². The molecule has 1 aromatic heterocycles. The number of nitrogens with zero attached hydrogens (tertiary/aromatic N) is 3. The summed E-state index contributed by atoms with van der Waals surface area (Å²) in [5, 5.41) is 9.46. The van der Waals surface area contributed by atoms with Crippen molar-refractivity contribution in [1.29, 1.82) is 5.26 Å². The minimum atomic E-state index is -0.410. The highest BCUT2D eigenvalue weighted by atomic mass is 16.5. The third kappa shape index (κ3) is 2.21. The van der Waals surface area contributed by atoms with Gasteiger partial charge in [0.1, 0.15) is 11.7 Å². The average molecular weight is 269 g/mol. The highest BCUT2D eigenvalue weighted by Crippen LogP contribution is 2.34. The summed E-state index contributed by atoms with van der Waals surface area (Å²) in [5.41, 5.74) is 0.867. The number of hydrogen-bond acceptors (Lipinski definition) is 4.